The molecule has 0 saturated carbocycles. The Kier molecular flexibility index (Phi) is 7.52. The summed E-state index contributed by atoms with van der Waals surface area (Å²) in [6, 6.07) is 10.9. The Bertz CT molecular complexity index is 860. The fourth-order valence-corrected chi connectivity index (χ4v) is 3.60. The van der Waals surface area contributed by atoms with Gasteiger partial charge in [-0.05, 0) is 63.7 Å². The van der Waals surface area contributed by atoms with Gasteiger partial charge < -0.3 is 19.4 Å². The lowest BCUT2D eigenvalue weighted by molar-refractivity contribution is -0.121. The van der Waals surface area contributed by atoms with Crippen LogP contribution in [0.25, 0.3) is 0 Å². The van der Waals surface area contributed by atoms with Crippen LogP contribution in [-0.4, -0.2) is 49.0 Å². The SMILES string of the molecule is CCN(CC)CCC[C@@H](C)NC(=O)c1ccc(CN2C(=O)COc3ccccc32)o1. The minimum absolute atomic E-state index is 0.00390. The first kappa shape index (κ1) is 21.9. The molecule has 0 bridgehead atoms. The molecule has 0 saturated heterocycles. The summed E-state index contributed by atoms with van der Waals surface area (Å²) in [5.74, 6) is 1.11. The molecule has 0 unspecified atom stereocenters. The molecule has 162 valence electrons. The van der Waals surface area contributed by atoms with Crippen molar-refractivity contribution in [2.75, 3.05) is 31.1 Å². The molecule has 3 rings (SSSR count). The van der Waals surface area contributed by atoms with Crippen LogP contribution in [0.15, 0.2) is 40.8 Å². The number of rotatable bonds is 10. The van der Waals surface area contributed by atoms with E-state index in [1.807, 2.05) is 31.2 Å². The Morgan fingerprint density at radius 3 is 2.73 bits per heavy atom. The smallest absolute Gasteiger partial charge is 0.287 e. The Morgan fingerprint density at radius 2 is 1.97 bits per heavy atom. The van der Waals surface area contributed by atoms with Gasteiger partial charge in [-0.1, -0.05) is 26.0 Å². The van der Waals surface area contributed by atoms with Crippen molar-refractivity contribution in [1.82, 2.24) is 10.2 Å². The van der Waals surface area contributed by atoms with Gasteiger partial charge in [0.1, 0.15) is 11.5 Å². The summed E-state index contributed by atoms with van der Waals surface area (Å²) < 4.78 is 11.2. The molecule has 1 aromatic carbocycles. The number of fused-ring (bicyclic) bond motifs is 1. The summed E-state index contributed by atoms with van der Waals surface area (Å²) in [6.45, 7) is 9.70. The topological polar surface area (TPSA) is 75.0 Å². The van der Waals surface area contributed by atoms with Gasteiger partial charge in [0.2, 0.25) is 0 Å². The first-order valence-electron chi connectivity index (χ1n) is 10.7. The molecule has 2 heterocycles. The highest BCUT2D eigenvalue weighted by Crippen LogP contribution is 2.32. The second-order valence-corrected chi connectivity index (χ2v) is 7.55. The summed E-state index contributed by atoms with van der Waals surface area (Å²) in [4.78, 5) is 28.8. The monoisotopic (exact) mass is 413 g/mol. The Hall–Kier alpha value is -2.80. The largest absolute Gasteiger partial charge is 0.482 e. The number of ether oxygens (including phenoxy) is 1. The zero-order chi connectivity index (χ0) is 21.5. The van der Waals surface area contributed by atoms with Crippen molar-refractivity contribution in [3.8, 4) is 5.75 Å². The molecule has 0 spiro atoms. The number of nitrogens with one attached hydrogen (secondary N) is 1. The van der Waals surface area contributed by atoms with Gasteiger partial charge in [0.15, 0.2) is 12.4 Å². The molecule has 0 aliphatic carbocycles. The van der Waals surface area contributed by atoms with Crippen molar-refractivity contribution in [2.24, 2.45) is 0 Å². The zero-order valence-electron chi connectivity index (χ0n) is 18.0. The number of carbonyl (C=O) groups excluding carboxylic acids is 2. The van der Waals surface area contributed by atoms with E-state index >= 15 is 0 Å². The third kappa shape index (κ3) is 5.42. The second-order valence-electron chi connectivity index (χ2n) is 7.55. The van der Waals surface area contributed by atoms with Gasteiger partial charge in [0, 0.05) is 6.04 Å². The van der Waals surface area contributed by atoms with E-state index in [4.69, 9.17) is 9.15 Å². The fourth-order valence-electron chi connectivity index (χ4n) is 3.60. The molecule has 7 nitrogen and oxygen atoms in total. The lowest BCUT2D eigenvalue weighted by Crippen LogP contribution is -2.38. The number of benzene rings is 1. The highest BCUT2D eigenvalue weighted by atomic mass is 16.5. The van der Waals surface area contributed by atoms with Crippen LogP contribution in [0.1, 0.15) is 49.9 Å². The summed E-state index contributed by atoms with van der Waals surface area (Å²) in [7, 11) is 0. The van der Waals surface area contributed by atoms with E-state index in [2.05, 4.69) is 24.1 Å². The average molecular weight is 414 g/mol. The van der Waals surface area contributed by atoms with E-state index in [-0.39, 0.29) is 36.8 Å². The summed E-state index contributed by atoms with van der Waals surface area (Å²) in [5, 5.41) is 3.00. The molecule has 7 heteroatoms. The van der Waals surface area contributed by atoms with E-state index in [0.717, 1.165) is 32.5 Å². The second kappa shape index (κ2) is 10.3. The van der Waals surface area contributed by atoms with Crippen LogP contribution in [0, 0.1) is 0 Å². The highest BCUT2D eigenvalue weighted by Gasteiger charge is 2.26. The lowest BCUT2D eigenvalue weighted by Gasteiger charge is -2.28. The van der Waals surface area contributed by atoms with Gasteiger partial charge in [-0.3, -0.25) is 14.5 Å². The molecule has 2 aromatic rings. The quantitative estimate of drug-likeness (QED) is 0.646. The zero-order valence-corrected chi connectivity index (χ0v) is 18.0. The van der Waals surface area contributed by atoms with Crippen LogP contribution in [0.5, 0.6) is 5.75 Å². The van der Waals surface area contributed by atoms with Gasteiger partial charge in [-0.2, -0.15) is 0 Å². The van der Waals surface area contributed by atoms with Crippen molar-refractivity contribution in [2.45, 2.75) is 46.2 Å². The van der Waals surface area contributed by atoms with Gasteiger partial charge in [0.05, 0.1) is 12.2 Å². The molecule has 1 N–H and O–H groups in total. The van der Waals surface area contributed by atoms with Crippen molar-refractivity contribution < 1.29 is 18.7 Å². The molecule has 0 radical (unpaired) electrons. The number of para-hydroxylation sites is 2. The molecule has 0 fully saturated rings. The predicted molar refractivity (Wildman–Crippen MR) is 116 cm³/mol. The number of carbonyl (C=O) groups is 2. The molecule has 1 aromatic heterocycles. The number of furan rings is 1. The Labute approximate surface area is 178 Å². The van der Waals surface area contributed by atoms with Gasteiger partial charge in [-0.15, -0.1) is 0 Å². The molecular formula is C23H31N3O4. The average Bonchev–Trinajstić information content (AvgIpc) is 3.22. The third-order valence-corrected chi connectivity index (χ3v) is 5.39. The van der Waals surface area contributed by atoms with E-state index in [1.165, 1.54) is 0 Å². The van der Waals surface area contributed by atoms with Gasteiger partial charge in [0.25, 0.3) is 11.8 Å². The van der Waals surface area contributed by atoms with Crippen molar-refractivity contribution in [3.63, 3.8) is 0 Å². The van der Waals surface area contributed by atoms with Gasteiger partial charge in [-0.25, -0.2) is 0 Å². The number of amides is 2. The van der Waals surface area contributed by atoms with Crippen LogP contribution >= 0.6 is 0 Å². The fraction of sp³-hybridized carbons (Fsp3) is 0.478. The standard InChI is InChI=1S/C23H31N3O4/c1-4-25(5-2)14-8-9-17(3)24-23(28)21-13-12-18(30-21)15-26-19-10-6-7-11-20(19)29-16-22(26)27/h6-7,10-13,17H,4-5,8-9,14-16H2,1-3H3,(H,24,28)/t17-/m1/s1. The van der Waals surface area contributed by atoms with Crippen LogP contribution in [-0.2, 0) is 11.3 Å². The number of hydrogen-bond donors (Lipinski definition) is 1. The van der Waals surface area contributed by atoms with Crippen LogP contribution in [0.3, 0.4) is 0 Å². The third-order valence-electron chi connectivity index (χ3n) is 5.39. The van der Waals surface area contributed by atoms with E-state index < -0.39 is 0 Å². The maximum Gasteiger partial charge on any atom is 0.287 e. The molecular weight excluding hydrogens is 382 g/mol. The van der Waals surface area contributed by atoms with E-state index in [9.17, 15) is 9.59 Å². The van der Waals surface area contributed by atoms with Crippen LogP contribution < -0.4 is 15.0 Å². The first-order valence-corrected chi connectivity index (χ1v) is 10.7. The number of anilines is 1. The maximum absolute atomic E-state index is 12.5. The molecule has 1 aliphatic rings. The van der Waals surface area contributed by atoms with E-state index in [0.29, 0.717) is 17.2 Å². The summed E-state index contributed by atoms with van der Waals surface area (Å²) in [6.07, 6.45) is 1.94. The highest BCUT2D eigenvalue weighted by molar-refractivity contribution is 5.97. The summed E-state index contributed by atoms with van der Waals surface area (Å²) >= 11 is 0. The number of hydrogen-bond acceptors (Lipinski definition) is 5. The predicted octanol–water partition coefficient (Wildman–Crippen LogP) is 3.45. The van der Waals surface area contributed by atoms with Crippen LogP contribution in [0.4, 0.5) is 5.69 Å². The first-order chi connectivity index (χ1) is 14.5. The van der Waals surface area contributed by atoms with Crippen molar-refractivity contribution >= 4 is 17.5 Å². The van der Waals surface area contributed by atoms with Crippen molar-refractivity contribution in [1.29, 1.82) is 0 Å². The van der Waals surface area contributed by atoms with Crippen molar-refractivity contribution in [3.05, 3.63) is 47.9 Å². The maximum atomic E-state index is 12.5. The minimum atomic E-state index is -0.231. The molecule has 1 atom stereocenters. The Balaban J connectivity index is 1.55. The Morgan fingerprint density at radius 1 is 1.20 bits per heavy atom. The number of nitrogens with zero attached hydrogens (tertiary/aromatic N) is 2. The lowest BCUT2D eigenvalue weighted by atomic mass is 10.1. The molecule has 30 heavy (non-hydrogen) atoms. The molecule has 1 aliphatic heterocycles. The van der Waals surface area contributed by atoms with Crippen LogP contribution in [0.2, 0.25) is 0 Å². The summed E-state index contributed by atoms with van der Waals surface area (Å²) in [5.41, 5.74) is 0.706. The molecule has 2 amide bonds. The van der Waals surface area contributed by atoms with E-state index in [1.54, 1.807) is 17.0 Å². The normalized spacial score (nSPS) is 14.4. The van der Waals surface area contributed by atoms with Gasteiger partial charge >= 0.3 is 0 Å². The minimum Gasteiger partial charge on any atom is -0.482 e.